The average molecular weight is 384 g/mol. The van der Waals surface area contributed by atoms with Gasteiger partial charge in [-0.05, 0) is 60.5 Å². The van der Waals surface area contributed by atoms with Crippen molar-refractivity contribution < 1.29 is 4.74 Å². The lowest BCUT2D eigenvalue weighted by Crippen LogP contribution is -1.95. The van der Waals surface area contributed by atoms with Crippen molar-refractivity contribution in [2.24, 2.45) is 5.10 Å². The molecule has 0 radical (unpaired) electrons. The second-order valence-corrected chi connectivity index (χ2v) is 6.22. The first-order chi connectivity index (χ1) is 11.8. The highest BCUT2D eigenvalue weighted by Gasteiger charge is 2.01. The highest BCUT2D eigenvalue weighted by atomic mass is 79.9. The third-order valence-corrected chi connectivity index (χ3v) is 3.95. The first-order valence-corrected chi connectivity index (χ1v) is 8.62. The van der Waals surface area contributed by atoms with Crippen LogP contribution >= 0.6 is 15.9 Å². The van der Waals surface area contributed by atoms with E-state index in [1.807, 2.05) is 48.5 Å². The Bertz CT molecular complexity index is 847. The molecule has 3 aromatic rings. The summed E-state index contributed by atoms with van der Waals surface area (Å²) in [5.41, 5.74) is 5.94. The van der Waals surface area contributed by atoms with E-state index in [1.165, 1.54) is 0 Å². The van der Waals surface area contributed by atoms with E-state index in [9.17, 15) is 0 Å². The molecule has 0 saturated heterocycles. The van der Waals surface area contributed by atoms with Gasteiger partial charge in [0.25, 0.3) is 0 Å². The van der Waals surface area contributed by atoms with Crippen molar-refractivity contribution in [2.45, 2.75) is 13.3 Å². The molecular formula is C19H18BrN3O. The van der Waals surface area contributed by atoms with Crippen molar-refractivity contribution >= 4 is 38.7 Å². The summed E-state index contributed by atoms with van der Waals surface area (Å²) in [6, 6.07) is 15.8. The zero-order valence-electron chi connectivity index (χ0n) is 13.4. The standard InChI is InChI=1S/C19H18BrN3O/c1-2-11-24-16-6-3-14(4-7-16)13-22-23-19-9-10-21-18-8-5-15(20)12-17(18)19/h3-10,12-13H,2,11H2,1H3,(H,21,23)/b22-13+. The molecule has 0 amide bonds. The lowest BCUT2D eigenvalue weighted by Gasteiger charge is -2.06. The molecule has 1 heterocycles. The molecule has 24 heavy (non-hydrogen) atoms. The van der Waals surface area contributed by atoms with Gasteiger partial charge in [-0.1, -0.05) is 22.9 Å². The zero-order valence-corrected chi connectivity index (χ0v) is 15.0. The van der Waals surface area contributed by atoms with Gasteiger partial charge >= 0.3 is 0 Å². The number of benzene rings is 2. The number of anilines is 1. The van der Waals surface area contributed by atoms with Crippen LogP contribution in [0.2, 0.25) is 0 Å². The van der Waals surface area contributed by atoms with E-state index in [1.54, 1.807) is 12.4 Å². The van der Waals surface area contributed by atoms with Crippen LogP contribution in [0, 0.1) is 0 Å². The van der Waals surface area contributed by atoms with Crippen LogP contribution < -0.4 is 10.2 Å². The van der Waals surface area contributed by atoms with E-state index in [0.29, 0.717) is 0 Å². The summed E-state index contributed by atoms with van der Waals surface area (Å²) in [6.07, 6.45) is 4.56. The number of hydrazone groups is 1. The van der Waals surface area contributed by atoms with Crippen molar-refractivity contribution in [3.8, 4) is 5.75 Å². The minimum atomic E-state index is 0.736. The fourth-order valence-corrected chi connectivity index (χ4v) is 2.62. The number of nitrogens with one attached hydrogen (secondary N) is 1. The molecule has 0 aliphatic rings. The lowest BCUT2D eigenvalue weighted by molar-refractivity contribution is 0.317. The van der Waals surface area contributed by atoms with Crippen LogP contribution in [0.5, 0.6) is 5.75 Å². The normalized spacial score (nSPS) is 11.1. The number of ether oxygens (including phenoxy) is 1. The van der Waals surface area contributed by atoms with Gasteiger partial charge in [0, 0.05) is 16.1 Å². The monoisotopic (exact) mass is 383 g/mol. The Morgan fingerprint density at radius 2 is 2.00 bits per heavy atom. The molecule has 0 aliphatic heterocycles. The van der Waals surface area contributed by atoms with Gasteiger partial charge in [-0.15, -0.1) is 0 Å². The molecule has 4 nitrogen and oxygen atoms in total. The number of hydrogen-bond donors (Lipinski definition) is 1. The number of hydrogen-bond acceptors (Lipinski definition) is 4. The van der Waals surface area contributed by atoms with Gasteiger partial charge in [-0.25, -0.2) is 0 Å². The first kappa shape index (κ1) is 16.5. The van der Waals surface area contributed by atoms with Crippen LogP contribution in [-0.2, 0) is 0 Å². The third-order valence-electron chi connectivity index (χ3n) is 3.46. The summed E-state index contributed by atoms with van der Waals surface area (Å²) >= 11 is 3.49. The van der Waals surface area contributed by atoms with E-state index >= 15 is 0 Å². The van der Waals surface area contributed by atoms with Crippen LogP contribution in [0.15, 0.2) is 64.3 Å². The van der Waals surface area contributed by atoms with Crippen molar-refractivity contribution in [3.05, 3.63) is 64.8 Å². The van der Waals surface area contributed by atoms with E-state index < -0.39 is 0 Å². The average Bonchev–Trinajstić information content (AvgIpc) is 2.61. The molecule has 0 fully saturated rings. The Balaban J connectivity index is 1.71. The number of aromatic nitrogens is 1. The smallest absolute Gasteiger partial charge is 0.119 e. The first-order valence-electron chi connectivity index (χ1n) is 7.82. The number of nitrogens with zero attached hydrogens (tertiary/aromatic N) is 2. The Kier molecular flexibility index (Phi) is 5.43. The number of rotatable bonds is 6. The fourth-order valence-electron chi connectivity index (χ4n) is 2.26. The maximum atomic E-state index is 5.57. The maximum absolute atomic E-state index is 5.57. The molecule has 0 saturated carbocycles. The predicted molar refractivity (Wildman–Crippen MR) is 103 cm³/mol. The highest BCUT2D eigenvalue weighted by molar-refractivity contribution is 9.10. The Labute approximate surface area is 149 Å². The van der Waals surface area contributed by atoms with E-state index in [-0.39, 0.29) is 0 Å². The molecule has 3 rings (SSSR count). The topological polar surface area (TPSA) is 46.5 Å². The molecule has 0 unspecified atom stereocenters. The minimum absolute atomic E-state index is 0.736. The largest absolute Gasteiger partial charge is 0.494 e. The van der Waals surface area contributed by atoms with Gasteiger partial charge in [0.15, 0.2) is 0 Å². The Morgan fingerprint density at radius 3 is 2.79 bits per heavy atom. The van der Waals surface area contributed by atoms with Crippen LogP contribution in [-0.4, -0.2) is 17.8 Å². The molecule has 122 valence electrons. The summed E-state index contributed by atoms with van der Waals surface area (Å²) in [6.45, 7) is 2.83. The second-order valence-electron chi connectivity index (χ2n) is 5.31. The SMILES string of the molecule is CCCOc1ccc(/C=N/Nc2ccnc3ccc(Br)cc23)cc1. The number of halogens is 1. The summed E-state index contributed by atoms with van der Waals surface area (Å²) in [5.74, 6) is 0.881. The van der Waals surface area contributed by atoms with Gasteiger partial charge in [-0.3, -0.25) is 10.4 Å². The molecule has 2 aromatic carbocycles. The van der Waals surface area contributed by atoms with Gasteiger partial charge < -0.3 is 4.74 Å². The number of pyridine rings is 1. The quantitative estimate of drug-likeness (QED) is 0.468. The number of fused-ring (bicyclic) bond motifs is 1. The highest BCUT2D eigenvalue weighted by Crippen LogP contribution is 2.25. The molecule has 0 bridgehead atoms. The van der Waals surface area contributed by atoms with Crippen LogP contribution in [0.4, 0.5) is 5.69 Å². The Hall–Kier alpha value is -2.40. The molecule has 1 N–H and O–H groups in total. The molecule has 5 heteroatoms. The zero-order chi connectivity index (χ0) is 16.8. The van der Waals surface area contributed by atoms with E-state index in [2.05, 4.69) is 38.4 Å². The van der Waals surface area contributed by atoms with Crippen LogP contribution in [0.25, 0.3) is 10.9 Å². The summed E-state index contributed by atoms with van der Waals surface area (Å²) < 4.78 is 6.58. The van der Waals surface area contributed by atoms with E-state index in [0.717, 1.165) is 45.4 Å². The summed E-state index contributed by atoms with van der Waals surface area (Å²) in [7, 11) is 0. The van der Waals surface area contributed by atoms with Crippen molar-refractivity contribution in [1.82, 2.24) is 4.98 Å². The fraction of sp³-hybridized carbons (Fsp3) is 0.158. The van der Waals surface area contributed by atoms with Crippen molar-refractivity contribution in [1.29, 1.82) is 0 Å². The third kappa shape index (κ3) is 4.11. The lowest BCUT2D eigenvalue weighted by atomic mass is 10.2. The molecule has 0 aliphatic carbocycles. The van der Waals surface area contributed by atoms with Crippen LogP contribution in [0.3, 0.4) is 0 Å². The molecule has 1 aromatic heterocycles. The predicted octanol–water partition coefficient (Wildman–Crippen LogP) is 5.23. The molecule has 0 atom stereocenters. The van der Waals surface area contributed by atoms with E-state index in [4.69, 9.17) is 4.74 Å². The summed E-state index contributed by atoms with van der Waals surface area (Å²) in [5, 5.41) is 5.35. The second kappa shape index (κ2) is 7.93. The van der Waals surface area contributed by atoms with Crippen molar-refractivity contribution in [3.63, 3.8) is 0 Å². The summed E-state index contributed by atoms with van der Waals surface area (Å²) in [4.78, 5) is 4.36. The molecular weight excluding hydrogens is 366 g/mol. The molecule has 0 spiro atoms. The van der Waals surface area contributed by atoms with Gasteiger partial charge in [-0.2, -0.15) is 5.10 Å². The van der Waals surface area contributed by atoms with Crippen molar-refractivity contribution in [2.75, 3.05) is 12.0 Å². The minimum Gasteiger partial charge on any atom is -0.494 e. The van der Waals surface area contributed by atoms with Gasteiger partial charge in [0.2, 0.25) is 0 Å². The Morgan fingerprint density at radius 1 is 1.17 bits per heavy atom. The van der Waals surface area contributed by atoms with Gasteiger partial charge in [0.1, 0.15) is 5.75 Å². The van der Waals surface area contributed by atoms with Gasteiger partial charge in [0.05, 0.1) is 24.0 Å². The maximum Gasteiger partial charge on any atom is 0.119 e. The van der Waals surface area contributed by atoms with Crippen LogP contribution in [0.1, 0.15) is 18.9 Å².